The van der Waals surface area contributed by atoms with Gasteiger partial charge >= 0.3 is 0 Å². The number of ether oxygens (including phenoxy) is 1. The Morgan fingerprint density at radius 2 is 1.92 bits per heavy atom. The van der Waals surface area contributed by atoms with Crippen LogP contribution in [0.3, 0.4) is 0 Å². The van der Waals surface area contributed by atoms with E-state index in [-0.39, 0.29) is 5.91 Å². The van der Waals surface area contributed by atoms with Crippen molar-refractivity contribution in [2.24, 2.45) is 11.8 Å². The van der Waals surface area contributed by atoms with Crippen molar-refractivity contribution in [1.29, 1.82) is 0 Å². The van der Waals surface area contributed by atoms with Crippen LogP contribution in [0.2, 0.25) is 0 Å². The summed E-state index contributed by atoms with van der Waals surface area (Å²) >= 11 is 0. The maximum Gasteiger partial charge on any atom is 0.289 e. The molecule has 1 aliphatic rings. The molecular formula is C19H24N2O3. The highest BCUT2D eigenvalue weighted by molar-refractivity contribution is 5.92. The number of carbonyl (C=O) groups excluding carboxylic acids is 1. The topological polar surface area (TPSA) is 68.7 Å². The molecule has 1 aromatic heterocycles. The Balaban J connectivity index is 1.85. The Bertz CT molecular complexity index is 728. The molecule has 2 N–H and O–H groups in total. The van der Waals surface area contributed by atoms with Crippen LogP contribution in [0.15, 0.2) is 34.7 Å². The molecule has 2 aromatic rings. The van der Waals surface area contributed by atoms with Crippen LogP contribution in [0.4, 0.5) is 5.69 Å². The van der Waals surface area contributed by atoms with Gasteiger partial charge in [-0.3, -0.25) is 4.79 Å². The lowest BCUT2D eigenvalue weighted by Crippen LogP contribution is -2.42. The molecular weight excluding hydrogens is 304 g/mol. The molecule has 0 unspecified atom stereocenters. The van der Waals surface area contributed by atoms with Gasteiger partial charge in [-0.05, 0) is 48.6 Å². The van der Waals surface area contributed by atoms with Gasteiger partial charge in [-0.2, -0.15) is 0 Å². The minimum Gasteiger partial charge on any atom is -0.496 e. The van der Waals surface area contributed by atoms with Crippen molar-refractivity contribution >= 4 is 11.6 Å². The lowest BCUT2D eigenvalue weighted by Gasteiger charge is -2.34. The van der Waals surface area contributed by atoms with E-state index in [0.717, 1.165) is 25.1 Å². The lowest BCUT2D eigenvalue weighted by molar-refractivity contribution is 0.0592. The summed E-state index contributed by atoms with van der Waals surface area (Å²) in [6.07, 6.45) is 1.16. The van der Waals surface area contributed by atoms with Crippen molar-refractivity contribution in [3.05, 3.63) is 36.1 Å². The highest BCUT2D eigenvalue weighted by Crippen LogP contribution is 2.33. The predicted molar refractivity (Wildman–Crippen MR) is 94.0 cm³/mol. The number of rotatable bonds is 3. The van der Waals surface area contributed by atoms with E-state index in [1.54, 1.807) is 37.4 Å². The number of nitrogens with two attached hydrogens (primary N) is 1. The van der Waals surface area contributed by atoms with Gasteiger partial charge in [-0.25, -0.2) is 0 Å². The van der Waals surface area contributed by atoms with Crippen LogP contribution in [-0.2, 0) is 0 Å². The van der Waals surface area contributed by atoms with Gasteiger partial charge < -0.3 is 19.8 Å². The number of furan rings is 1. The standard InChI is InChI=1S/C19H24N2O3/c1-12-8-13(2)11-21(10-12)19(22)18-7-6-17(24-18)15-9-14(20)4-5-16(15)23-3/h4-7,9,12-13H,8,10-11,20H2,1-3H3/t12-,13-/m1/s1. The Labute approximate surface area is 142 Å². The minimum atomic E-state index is -0.0532. The molecule has 0 bridgehead atoms. The number of carbonyl (C=O) groups is 1. The quantitative estimate of drug-likeness (QED) is 0.873. The third-order valence-electron chi connectivity index (χ3n) is 4.46. The lowest BCUT2D eigenvalue weighted by atomic mass is 9.92. The molecule has 1 amide bonds. The van der Waals surface area contributed by atoms with Crippen molar-refractivity contribution < 1.29 is 13.9 Å². The average Bonchev–Trinajstić information content (AvgIpc) is 3.03. The van der Waals surface area contributed by atoms with Crippen LogP contribution in [-0.4, -0.2) is 31.0 Å². The molecule has 1 saturated heterocycles. The molecule has 1 fully saturated rings. The summed E-state index contributed by atoms with van der Waals surface area (Å²) in [7, 11) is 1.60. The molecule has 1 aliphatic heterocycles. The van der Waals surface area contributed by atoms with E-state index in [1.165, 1.54) is 0 Å². The number of hydrogen-bond acceptors (Lipinski definition) is 4. The van der Waals surface area contributed by atoms with E-state index < -0.39 is 0 Å². The van der Waals surface area contributed by atoms with E-state index in [4.69, 9.17) is 14.9 Å². The second kappa shape index (κ2) is 6.59. The van der Waals surface area contributed by atoms with E-state index in [9.17, 15) is 4.79 Å². The SMILES string of the molecule is COc1ccc(N)cc1-c1ccc(C(=O)N2C[C@H](C)C[C@@H](C)C2)o1. The summed E-state index contributed by atoms with van der Waals surface area (Å²) in [6.45, 7) is 5.92. The molecule has 0 aliphatic carbocycles. The monoisotopic (exact) mass is 328 g/mol. The second-order valence-corrected chi connectivity index (χ2v) is 6.78. The number of likely N-dealkylation sites (tertiary alicyclic amines) is 1. The van der Waals surface area contributed by atoms with E-state index in [1.807, 2.05) is 4.90 Å². The third-order valence-corrected chi connectivity index (χ3v) is 4.46. The van der Waals surface area contributed by atoms with Crippen molar-refractivity contribution in [3.8, 4) is 17.1 Å². The number of amides is 1. The van der Waals surface area contributed by atoms with Gasteiger partial charge in [0, 0.05) is 18.8 Å². The van der Waals surface area contributed by atoms with Gasteiger partial charge in [-0.15, -0.1) is 0 Å². The van der Waals surface area contributed by atoms with E-state index >= 15 is 0 Å². The fourth-order valence-corrected chi connectivity index (χ4v) is 3.50. The molecule has 1 aromatic carbocycles. The molecule has 3 rings (SSSR count). The highest BCUT2D eigenvalue weighted by Gasteiger charge is 2.28. The van der Waals surface area contributed by atoms with Crippen molar-refractivity contribution in [1.82, 2.24) is 4.90 Å². The van der Waals surface area contributed by atoms with Crippen LogP contribution in [0, 0.1) is 11.8 Å². The van der Waals surface area contributed by atoms with Crippen LogP contribution in [0.25, 0.3) is 11.3 Å². The van der Waals surface area contributed by atoms with Gasteiger partial charge in [0.1, 0.15) is 11.5 Å². The predicted octanol–water partition coefficient (Wildman–Crippen LogP) is 3.66. The molecule has 5 nitrogen and oxygen atoms in total. The van der Waals surface area contributed by atoms with Crippen molar-refractivity contribution in [2.75, 3.05) is 25.9 Å². The summed E-state index contributed by atoms with van der Waals surface area (Å²) in [5.41, 5.74) is 7.23. The van der Waals surface area contributed by atoms with E-state index in [0.29, 0.717) is 34.8 Å². The van der Waals surface area contributed by atoms with Crippen LogP contribution in [0.1, 0.15) is 30.8 Å². The van der Waals surface area contributed by atoms with Gasteiger partial charge in [0.25, 0.3) is 5.91 Å². The zero-order valence-corrected chi connectivity index (χ0v) is 14.4. The summed E-state index contributed by atoms with van der Waals surface area (Å²) in [5.74, 6) is 2.58. The van der Waals surface area contributed by atoms with Crippen molar-refractivity contribution in [3.63, 3.8) is 0 Å². The maximum absolute atomic E-state index is 12.7. The summed E-state index contributed by atoms with van der Waals surface area (Å²) in [6, 6.07) is 8.87. The number of benzene rings is 1. The number of nitrogen functional groups attached to an aromatic ring is 1. The normalized spacial score (nSPS) is 20.9. The zero-order valence-electron chi connectivity index (χ0n) is 14.4. The van der Waals surface area contributed by atoms with Crippen LogP contribution in [0.5, 0.6) is 5.75 Å². The zero-order chi connectivity index (χ0) is 17.3. The molecule has 0 spiro atoms. The Kier molecular flexibility index (Phi) is 4.51. The first-order chi connectivity index (χ1) is 11.5. The van der Waals surface area contributed by atoms with Gasteiger partial charge in [-0.1, -0.05) is 13.8 Å². The number of anilines is 1. The maximum atomic E-state index is 12.7. The molecule has 0 saturated carbocycles. The molecule has 5 heteroatoms. The number of nitrogens with zero attached hydrogens (tertiary/aromatic N) is 1. The summed E-state index contributed by atoms with van der Waals surface area (Å²) in [4.78, 5) is 14.6. The first-order valence-electron chi connectivity index (χ1n) is 8.31. The van der Waals surface area contributed by atoms with Gasteiger partial charge in [0.2, 0.25) is 0 Å². The van der Waals surface area contributed by atoms with Gasteiger partial charge in [0.05, 0.1) is 12.7 Å². The van der Waals surface area contributed by atoms with Gasteiger partial charge in [0.15, 0.2) is 5.76 Å². The smallest absolute Gasteiger partial charge is 0.289 e. The fourth-order valence-electron chi connectivity index (χ4n) is 3.50. The molecule has 24 heavy (non-hydrogen) atoms. The highest BCUT2D eigenvalue weighted by atomic mass is 16.5. The number of methoxy groups -OCH3 is 1. The minimum absolute atomic E-state index is 0.0532. The summed E-state index contributed by atoms with van der Waals surface area (Å²) < 4.78 is 11.2. The van der Waals surface area contributed by atoms with Crippen molar-refractivity contribution in [2.45, 2.75) is 20.3 Å². The Hall–Kier alpha value is -2.43. The molecule has 0 radical (unpaired) electrons. The molecule has 128 valence electrons. The summed E-state index contributed by atoms with van der Waals surface area (Å²) in [5, 5.41) is 0. The molecule has 2 heterocycles. The van der Waals surface area contributed by atoms with Crippen LogP contribution < -0.4 is 10.5 Å². The number of piperidine rings is 1. The Morgan fingerprint density at radius 3 is 2.58 bits per heavy atom. The largest absolute Gasteiger partial charge is 0.496 e. The average molecular weight is 328 g/mol. The second-order valence-electron chi connectivity index (χ2n) is 6.78. The number of hydrogen-bond donors (Lipinski definition) is 1. The van der Waals surface area contributed by atoms with Crippen LogP contribution >= 0.6 is 0 Å². The first-order valence-corrected chi connectivity index (χ1v) is 8.31. The third kappa shape index (κ3) is 3.25. The fraction of sp³-hybridized carbons (Fsp3) is 0.421. The Morgan fingerprint density at radius 1 is 1.21 bits per heavy atom. The van der Waals surface area contributed by atoms with E-state index in [2.05, 4.69) is 13.8 Å². The first kappa shape index (κ1) is 16.4. The molecule has 2 atom stereocenters.